The smallest absolute Gasteiger partial charge is 0.0921 e. The fourth-order valence-electron chi connectivity index (χ4n) is 1.19. The van der Waals surface area contributed by atoms with E-state index in [0.29, 0.717) is 12.0 Å². The van der Waals surface area contributed by atoms with Gasteiger partial charge in [0.1, 0.15) is 0 Å². The lowest BCUT2D eigenvalue weighted by atomic mass is 10.00. The summed E-state index contributed by atoms with van der Waals surface area (Å²) in [6, 6.07) is 0. The average Bonchev–Trinajstić information content (AvgIpc) is 2.54. The van der Waals surface area contributed by atoms with Crippen LogP contribution in [0.5, 0.6) is 0 Å². The van der Waals surface area contributed by atoms with E-state index in [1.165, 1.54) is 6.42 Å². The Hall–Kier alpha value is -0.300. The number of ether oxygens (including phenoxy) is 1. The first kappa shape index (κ1) is 8.79. The number of rotatable bonds is 4. The van der Waals surface area contributed by atoms with E-state index in [1.807, 2.05) is 13.0 Å². The van der Waals surface area contributed by atoms with Crippen LogP contribution in [-0.2, 0) is 4.74 Å². The normalized spacial score (nSPS) is 29.5. The Morgan fingerprint density at radius 2 is 2.27 bits per heavy atom. The van der Waals surface area contributed by atoms with Crippen LogP contribution in [0, 0.1) is 12.8 Å². The predicted molar refractivity (Wildman–Crippen MR) is 47.2 cm³/mol. The van der Waals surface area contributed by atoms with Crippen LogP contribution in [0.15, 0.2) is 12.7 Å². The summed E-state index contributed by atoms with van der Waals surface area (Å²) in [5.74, 6) is 0.606. The molecule has 3 atom stereocenters. The Labute approximate surface area is 69.4 Å². The van der Waals surface area contributed by atoms with Crippen molar-refractivity contribution in [2.75, 3.05) is 0 Å². The largest absolute Gasteiger partial charge is 0.366 e. The SMILES string of the molecule is [CH2]C1(C)OC1CCC(C)C=C. The van der Waals surface area contributed by atoms with E-state index in [0.717, 1.165) is 6.42 Å². The standard InChI is InChI=1S/C10H17O/c1-5-8(2)6-7-9-10(3,4)11-9/h5,8-9H,1,3,6-7H2,2,4H3. The summed E-state index contributed by atoms with van der Waals surface area (Å²) < 4.78 is 5.35. The van der Waals surface area contributed by atoms with E-state index in [9.17, 15) is 0 Å². The molecule has 1 rings (SSSR count). The number of hydrogen-bond donors (Lipinski definition) is 0. The molecule has 1 fully saturated rings. The summed E-state index contributed by atoms with van der Waals surface area (Å²) in [6.07, 6.45) is 4.67. The molecule has 0 aliphatic carbocycles. The molecule has 1 heteroatoms. The minimum absolute atomic E-state index is 0.0825. The first-order valence-electron chi connectivity index (χ1n) is 4.22. The van der Waals surface area contributed by atoms with Crippen molar-refractivity contribution < 1.29 is 4.74 Å². The van der Waals surface area contributed by atoms with Gasteiger partial charge in [0, 0.05) is 0 Å². The van der Waals surface area contributed by atoms with Crippen molar-refractivity contribution >= 4 is 0 Å². The molecule has 0 spiro atoms. The third kappa shape index (κ3) is 2.33. The van der Waals surface area contributed by atoms with Gasteiger partial charge in [-0.2, -0.15) is 0 Å². The number of hydrogen-bond acceptors (Lipinski definition) is 1. The molecular formula is C10H17O. The highest BCUT2D eigenvalue weighted by molar-refractivity contribution is 5.01. The van der Waals surface area contributed by atoms with Crippen LogP contribution < -0.4 is 0 Å². The Morgan fingerprint density at radius 1 is 1.73 bits per heavy atom. The maximum atomic E-state index is 5.35. The summed E-state index contributed by atoms with van der Waals surface area (Å²) in [6.45, 7) is 11.9. The third-order valence-electron chi connectivity index (χ3n) is 2.32. The maximum absolute atomic E-state index is 5.35. The predicted octanol–water partition coefficient (Wildman–Crippen LogP) is 2.58. The zero-order valence-corrected chi connectivity index (χ0v) is 7.47. The minimum Gasteiger partial charge on any atom is -0.366 e. The summed E-state index contributed by atoms with van der Waals surface area (Å²) in [7, 11) is 0. The van der Waals surface area contributed by atoms with Gasteiger partial charge in [0.25, 0.3) is 0 Å². The van der Waals surface area contributed by atoms with Gasteiger partial charge >= 0.3 is 0 Å². The van der Waals surface area contributed by atoms with Gasteiger partial charge in [-0.1, -0.05) is 13.0 Å². The second-order valence-corrected chi connectivity index (χ2v) is 3.71. The van der Waals surface area contributed by atoms with Crippen molar-refractivity contribution in [1.82, 2.24) is 0 Å². The van der Waals surface area contributed by atoms with Gasteiger partial charge in [0.05, 0.1) is 11.7 Å². The molecule has 0 aromatic heterocycles. The van der Waals surface area contributed by atoms with Crippen LogP contribution in [0.2, 0.25) is 0 Å². The van der Waals surface area contributed by atoms with Crippen molar-refractivity contribution in [3.63, 3.8) is 0 Å². The molecule has 1 aliphatic heterocycles. The van der Waals surface area contributed by atoms with E-state index in [4.69, 9.17) is 4.74 Å². The van der Waals surface area contributed by atoms with Crippen LogP contribution in [0.4, 0.5) is 0 Å². The highest BCUT2D eigenvalue weighted by Crippen LogP contribution is 2.38. The first-order chi connectivity index (χ1) is 5.06. The molecule has 1 saturated heterocycles. The summed E-state index contributed by atoms with van der Waals surface area (Å²) in [4.78, 5) is 0. The van der Waals surface area contributed by atoms with Crippen molar-refractivity contribution in [1.29, 1.82) is 0 Å². The third-order valence-corrected chi connectivity index (χ3v) is 2.32. The zero-order valence-electron chi connectivity index (χ0n) is 7.47. The molecule has 1 nitrogen and oxygen atoms in total. The Balaban J connectivity index is 2.10. The van der Waals surface area contributed by atoms with Gasteiger partial charge in [-0.25, -0.2) is 0 Å². The van der Waals surface area contributed by atoms with E-state index in [2.05, 4.69) is 20.4 Å². The van der Waals surface area contributed by atoms with Gasteiger partial charge in [0.15, 0.2) is 0 Å². The molecule has 0 aromatic carbocycles. The highest BCUT2D eigenvalue weighted by atomic mass is 16.6. The Kier molecular flexibility index (Phi) is 2.38. The molecule has 0 aromatic rings. The maximum Gasteiger partial charge on any atom is 0.0921 e. The summed E-state index contributed by atoms with van der Waals surface area (Å²) in [5, 5.41) is 0. The Morgan fingerprint density at radius 3 is 2.64 bits per heavy atom. The lowest BCUT2D eigenvalue weighted by molar-refractivity contribution is 0.331. The van der Waals surface area contributed by atoms with Crippen LogP contribution in [0.1, 0.15) is 26.7 Å². The topological polar surface area (TPSA) is 12.5 Å². The van der Waals surface area contributed by atoms with E-state index in [-0.39, 0.29) is 5.60 Å². The lowest BCUT2D eigenvalue weighted by Gasteiger charge is -2.02. The van der Waals surface area contributed by atoms with Gasteiger partial charge in [0.2, 0.25) is 0 Å². The van der Waals surface area contributed by atoms with E-state index < -0.39 is 0 Å². The summed E-state index contributed by atoms with van der Waals surface area (Å²) >= 11 is 0. The molecular weight excluding hydrogens is 136 g/mol. The fraction of sp³-hybridized carbons (Fsp3) is 0.700. The molecule has 1 heterocycles. The van der Waals surface area contributed by atoms with E-state index in [1.54, 1.807) is 0 Å². The highest BCUT2D eigenvalue weighted by Gasteiger charge is 2.47. The van der Waals surface area contributed by atoms with Crippen LogP contribution in [-0.4, -0.2) is 11.7 Å². The second kappa shape index (κ2) is 2.98. The fourth-order valence-corrected chi connectivity index (χ4v) is 1.19. The average molecular weight is 153 g/mol. The van der Waals surface area contributed by atoms with Gasteiger partial charge in [-0.15, -0.1) is 6.58 Å². The molecule has 63 valence electrons. The zero-order chi connectivity index (χ0) is 8.48. The van der Waals surface area contributed by atoms with E-state index >= 15 is 0 Å². The van der Waals surface area contributed by atoms with Gasteiger partial charge in [-0.3, -0.25) is 0 Å². The van der Waals surface area contributed by atoms with Gasteiger partial charge < -0.3 is 4.74 Å². The van der Waals surface area contributed by atoms with Crippen molar-refractivity contribution in [2.24, 2.45) is 5.92 Å². The van der Waals surface area contributed by atoms with Crippen molar-refractivity contribution in [2.45, 2.75) is 38.4 Å². The Bertz CT molecular complexity index is 149. The quantitative estimate of drug-likeness (QED) is 0.446. The number of allylic oxidation sites excluding steroid dienone is 1. The molecule has 0 amide bonds. The van der Waals surface area contributed by atoms with Crippen LogP contribution >= 0.6 is 0 Å². The minimum atomic E-state index is -0.0825. The molecule has 3 unspecified atom stereocenters. The lowest BCUT2D eigenvalue weighted by Crippen LogP contribution is -2.04. The molecule has 0 saturated carbocycles. The first-order valence-corrected chi connectivity index (χ1v) is 4.22. The summed E-state index contributed by atoms with van der Waals surface area (Å²) in [5.41, 5.74) is -0.0825. The van der Waals surface area contributed by atoms with Crippen molar-refractivity contribution in [3.05, 3.63) is 19.6 Å². The van der Waals surface area contributed by atoms with Crippen LogP contribution in [0.25, 0.3) is 0 Å². The number of epoxide rings is 1. The second-order valence-electron chi connectivity index (χ2n) is 3.71. The molecule has 1 aliphatic rings. The van der Waals surface area contributed by atoms with Crippen molar-refractivity contribution in [3.8, 4) is 0 Å². The van der Waals surface area contributed by atoms with Crippen LogP contribution in [0.3, 0.4) is 0 Å². The molecule has 0 N–H and O–H groups in total. The van der Waals surface area contributed by atoms with Gasteiger partial charge in [-0.05, 0) is 32.6 Å². The monoisotopic (exact) mass is 153 g/mol. The molecule has 1 radical (unpaired) electrons. The molecule has 0 bridgehead atoms. The molecule has 11 heavy (non-hydrogen) atoms.